The number of hydrogen-bond donors (Lipinski definition) is 0. The summed E-state index contributed by atoms with van der Waals surface area (Å²) in [5.74, 6) is 1.84. The number of benzene rings is 8. The molecule has 0 bridgehead atoms. The van der Waals surface area contributed by atoms with Crippen molar-refractivity contribution in [1.29, 1.82) is 0 Å². The topological polar surface area (TPSA) is 9.23 Å². The average Bonchev–Trinajstić information content (AvgIpc) is 3.00. The predicted molar refractivity (Wildman–Crippen MR) is 164 cm³/mol. The molecule has 8 aromatic carbocycles. The summed E-state index contributed by atoms with van der Waals surface area (Å²) in [7, 11) is 0. The molecule has 0 N–H and O–H groups in total. The lowest BCUT2D eigenvalue weighted by Gasteiger charge is -2.22. The summed E-state index contributed by atoms with van der Waals surface area (Å²) in [6.07, 6.45) is 0. The van der Waals surface area contributed by atoms with Crippen LogP contribution in [-0.2, 0) is 0 Å². The van der Waals surface area contributed by atoms with E-state index in [-0.39, 0.29) is 0 Å². The third kappa shape index (κ3) is 2.96. The Kier molecular flexibility index (Phi) is 4.11. The Balaban J connectivity index is 1.20. The lowest BCUT2D eigenvalue weighted by molar-refractivity contribution is 0.487. The maximum Gasteiger partial charge on any atom is 0.135 e. The molecule has 0 fully saturated rings. The maximum atomic E-state index is 6.45. The number of hydrogen-bond acceptors (Lipinski definition) is 1. The first-order valence-electron chi connectivity index (χ1n) is 13.4. The van der Waals surface area contributed by atoms with E-state index in [1.165, 1.54) is 65.3 Å². The van der Waals surface area contributed by atoms with Gasteiger partial charge in [0, 0.05) is 10.9 Å². The monoisotopic (exact) mass is 494 g/mol. The average molecular weight is 495 g/mol. The van der Waals surface area contributed by atoms with Crippen molar-refractivity contribution in [3.05, 3.63) is 133 Å². The first-order chi connectivity index (χ1) is 19.3. The van der Waals surface area contributed by atoms with Crippen molar-refractivity contribution < 1.29 is 4.74 Å². The van der Waals surface area contributed by atoms with Gasteiger partial charge in [0.2, 0.25) is 0 Å². The Morgan fingerprint density at radius 2 is 0.949 bits per heavy atom. The van der Waals surface area contributed by atoms with Gasteiger partial charge in [0.25, 0.3) is 0 Å². The summed E-state index contributed by atoms with van der Waals surface area (Å²) in [6.45, 7) is 0. The van der Waals surface area contributed by atoms with E-state index < -0.39 is 0 Å². The number of ether oxygens (including phenoxy) is 1. The Labute approximate surface area is 225 Å². The van der Waals surface area contributed by atoms with Crippen LogP contribution in [0.3, 0.4) is 0 Å². The van der Waals surface area contributed by atoms with E-state index in [9.17, 15) is 0 Å². The third-order valence-electron chi connectivity index (χ3n) is 8.39. The zero-order valence-electron chi connectivity index (χ0n) is 21.1. The molecule has 1 heteroatoms. The van der Waals surface area contributed by atoms with Crippen molar-refractivity contribution in [3.63, 3.8) is 0 Å². The van der Waals surface area contributed by atoms with Gasteiger partial charge in [-0.3, -0.25) is 0 Å². The van der Waals surface area contributed by atoms with Gasteiger partial charge >= 0.3 is 0 Å². The fourth-order valence-corrected chi connectivity index (χ4v) is 6.60. The first-order valence-corrected chi connectivity index (χ1v) is 13.4. The summed E-state index contributed by atoms with van der Waals surface area (Å²) in [4.78, 5) is 0. The van der Waals surface area contributed by atoms with Crippen LogP contribution in [-0.4, -0.2) is 0 Å². The molecule has 180 valence electrons. The predicted octanol–water partition coefficient (Wildman–Crippen LogP) is 10.8. The van der Waals surface area contributed by atoms with Crippen LogP contribution in [0.2, 0.25) is 0 Å². The molecular formula is C38H22O. The second kappa shape index (κ2) is 7.69. The largest absolute Gasteiger partial charge is 0.456 e. The molecule has 0 radical (unpaired) electrons. The SMILES string of the molecule is c1cc(-c2ccc3c(c2)Oc2cccc4cccc-3c24)cc(-c2ccc3ccc4cccc5ccc2c3c45)c1. The lowest BCUT2D eigenvalue weighted by Crippen LogP contribution is -1.97. The number of rotatable bonds is 2. The highest BCUT2D eigenvalue weighted by Crippen LogP contribution is 2.47. The van der Waals surface area contributed by atoms with Crippen LogP contribution in [0.1, 0.15) is 0 Å². The smallest absolute Gasteiger partial charge is 0.135 e. The Morgan fingerprint density at radius 1 is 0.333 bits per heavy atom. The van der Waals surface area contributed by atoms with Crippen LogP contribution in [0.25, 0.3) is 76.5 Å². The molecule has 0 saturated heterocycles. The normalized spacial score (nSPS) is 12.3. The van der Waals surface area contributed by atoms with E-state index >= 15 is 0 Å². The van der Waals surface area contributed by atoms with Crippen LogP contribution in [0.15, 0.2) is 133 Å². The van der Waals surface area contributed by atoms with Gasteiger partial charge in [-0.25, -0.2) is 0 Å². The quantitative estimate of drug-likeness (QED) is 0.217. The van der Waals surface area contributed by atoms with E-state index in [2.05, 4.69) is 133 Å². The molecular weight excluding hydrogens is 472 g/mol. The van der Waals surface area contributed by atoms with Crippen molar-refractivity contribution in [1.82, 2.24) is 0 Å². The highest BCUT2D eigenvalue weighted by atomic mass is 16.5. The fourth-order valence-electron chi connectivity index (χ4n) is 6.60. The van der Waals surface area contributed by atoms with E-state index in [4.69, 9.17) is 4.74 Å². The summed E-state index contributed by atoms with van der Waals surface area (Å²) in [5, 5.41) is 10.3. The van der Waals surface area contributed by atoms with Gasteiger partial charge in [0.1, 0.15) is 11.5 Å². The molecule has 0 aliphatic carbocycles. The molecule has 0 aromatic heterocycles. The van der Waals surface area contributed by atoms with Crippen molar-refractivity contribution in [2.75, 3.05) is 0 Å². The molecule has 1 nitrogen and oxygen atoms in total. The molecule has 8 aromatic rings. The van der Waals surface area contributed by atoms with Crippen LogP contribution >= 0.6 is 0 Å². The Bertz CT molecular complexity index is 2230. The van der Waals surface area contributed by atoms with E-state index in [0.717, 1.165) is 22.6 Å². The molecule has 0 saturated carbocycles. The minimum absolute atomic E-state index is 0.909. The lowest BCUT2D eigenvalue weighted by atomic mass is 9.89. The molecule has 1 heterocycles. The van der Waals surface area contributed by atoms with E-state index in [1.54, 1.807) is 0 Å². The van der Waals surface area contributed by atoms with Crippen LogP contribution in [0.4, 0.5) is 0 Å². The van der Waals surface area contributed by atoms with Crippen LogP contribution < -0.4 is 4.74 Å². The van der Waals surface area contributed by atoms with Crippen molar-refractivity contribution in [2.24, 2.45) is 0 Å². The second-order valence-corrected chi connectivity index (χ2v) is 10.5. The highest BCUT2D eigenvalue weighted by molar-refractivity contribution is 6.25. The molecule has 39 heavy (non-hydrogen) atoms. The first kappa shape index (κ1) is 20.9. The standard InChI is InChI=1S/C38H22O/c1-5-24-13-14-26-15-18-30(33-20-16-25(6-1)36(24)38(26)33)29-10-2-9-27(21-29)28-17-19-31-32-11-3-7-23-8-4-12-34(37(23)32)39-35(31)22-28/h1-22H. The molecule has 0 unspecified atom stereocenters. The highest BCUT2D eigenvalue weighted by Gasteiger charge is 2.20. The Morgan fingerprint density at radius 3 is 1.82 bits per heavy atom. The minimum atomic E-state index is 0.909. The summed E-state index contributed by atoms with van der Waals surface area (Å²) in [6, 6.07) is 48.4. The Hall–Kier alpha value is -5.14. The van der Waals surface area contributed by atoms with Crippen molar-refractivity contribution in [2.45, 2.75) is 0 Å². The van der Waals surface area contributed by atoms with Gasteiger partial charge in [0.15, 0.2) is 0 Å². The van der Waals surface area contributed by atoms with Gasteiger partial charge < -0.3 is 4.74 Å². The maximum absolute atomic E-state index is 6.45. The van der Waals surface area contributed by atoms with Crippen LogP contribution in [0, 0.1) is 0 Å². The van der Waals surface area contributed by atoms with Gasteiger partial charge in [-0.1, -0.05) is 109 Å². The molecule has 0 spiro atoms. The molecule has 0 amide bonds. The number of fused-ring (bicyclic) bond motifs is 2. The molecule has 1 aliphatic rings. The summed E-state index contributed by atoms with van der Waals surface area (Å²) >= 11 is 0. The fraction of sp³-hybridized carbons (Fsp3) is 0. The van der Waals surface area contributed by atoms with Gasteiger partial charge in [-0.05, 0) is 89.8 Å². The zero-order valence-corrected chi connectivity index (χ0v) is 21.1. The van der Waals surface area contributed by atoms with Gasteiger partial charge in [-0.15, -0.1) is 0 Å². The van der Waals surface area contributed by atoms with Crippen molar-refractivity contribution >= 4 is 43.1 Å². The van der Waals surface area contributed by atoms with Gasteiger partial charge in [0.05, 0.1) is 0 Å². The summed E-state index contributed by atoms with van der Waals surface area (Å²) < 4.78 is 6.45. The van der Waals surface area contributed by atoms with Crippen LogP contribution in [0.5, 0.6) is 11.5 Å². The van der Waals surface area contributed by atoms with E-state index in [0.29, 0.717) is 0 Å². The minimum Gasteiger partial charge on any atom is -0.456 e. The molecule has 9 rings (SSSR count). The molecule has 1 aliphatic heterocycles. The zero-order chi connectivity index (χ0) is 25.5. The second-order valence-electron chi connectivity index (χ2n) is 10.5. The van der Waals surface area contributed by atoms with E-state index in [1.807, 2.05) is 0 Å². The summed E-state index contributed by atoms with van der Waals surface area (Å²) in [5.41, 5.74) is 7.20. The molecule has 0 atom stereocenters. The van der Waals surface area contributed by atoms with Gasteiger partial charge in [-0.2, -0.15) is 0 Å². The van der Waals surface area contributed by atoms with Crippen molar-refractivity contribution in [3.8, 4) is 44.9 Å². The third-order valence-corrected chi connectivity index (χ3v) is 8.39.